The number of hydrogen-bond donors (Lipinski definition) is 1. The minimum atomic E-state index is 0.0778. The van der Waals surface area contributed by atoms with Gasteiger partial charge in [-0.1, -0.05) is 0 Å². The molecule has 5 nitrogen and oxygen atoms in total. The van der Waals surface area contributed by atoms with Gasteiger partial charge in [-0.25, -0.2) is 4.98 Å². The molecule has 0 aromatic carbocycles. The molecule has 5 heteroatoms. The molecule has 0 spiro atoms. The molecule has 0 saturated carbocycles. The molecule has 2 fully saturated rings. The van der Waals surface area contributed by atoms with E-state index in [1.807, 2.05) is 4.90 Å². The first-order valence-electron chi connectivity index (χ1n) is 6.49. The first-order chi connectivity index (χ1) is 8.74. The quantitative estimate of drug-likeness (QED) is 0.787. The van der Waals surface area contributed by atoms with Gasteiger partial charge in [0.05, 0.1) is 5.56 Å². The standard InChI is InChI=1S/C13H18N4O/c14-12-4-3-10(8-15-12)13(18)17-7-6-16-5-1-2-11(16)9-17/h3-4,8,11H,1-2,5-7,9H2,(H2,14,15)/t11-/m1/s1. The lowest BCUT2D eigenvalue weighted by molar-refractivity contribution is 0.0571. The summed E-state index contributed by atoms with van der Waals surface area (Å²) >= 11 is 0. The summed E-state index contributed by atoms with van der Waals surface area (Å²) in [6, 6.07) is 3.99. The van der Waals surface area contributed by atoms with Crippen molar-refractivity contribution >= 4 is 11.7 Å². The minimum absolute atomic E-state index is 0.0778. The Kier molecular flexibility index (Phi) is 2.91. The molecule has 0 radical (unpaired) electrons. The molecule has 2 N–H and O–H groups in total. The number of carbonyl (C=O) groups is 1. The van der Waals surface area contributed by atoms with Gasteiger partial charge in [0.1, 0.15) is 5.82 Å². The van der Waals surface area contributed by atoms with Gasteiger partial charge in [-0.05, 0) is 31.5 Å². The van der Waals surface area contributed by atoms with Crippen molar-refractivity contribution in [3.63, 3.8) is 0 Å². The van der Waals surface area contributed by atoms with Crippen molar-refractivity contribution in [3.8, 4) is 0 Å². The molecule has 1 aromatic heterocycles. The molecule has 1 aromatic rings. The van der Waals surface area contributed by atoms with Gasteiger partial charge in [0, 0.05) is 31.9 Å². The van der Waals surface area contributed by atoms with E-state index in [9.17, 15) is 4.79 Å². The zero-order chi connectivity index (χ0) is 12.5. The van der Waals surface area contributed by atoms with Crippen molar-refractivity contribution in [1.82, 2.24) is 14.8 Å². The van der Waals surface area contributed by atoms with E-state index in [-0.39, 0.29) is 5.91 Å². The van der Waals surface area contributed by atoms with Crippen LogP contribution >= 0.6 is 0 Å². The molecule has 1 amide bonds. The fourth-order valence-electron chi connectivity index (χ4n) is 2.89. The minimum Gasteiger partial charge on any atom is -0.384 e. The Morgan fingerprint density at radius 2 is 2.22 bits per heavy atom. The topological polar surface area (TPSA) is 62.5 Å². The van der Waals surface area contributed by atoms with Crippen LogP contribution in [0.1, 0.15) is 23.2 Å². The van der Waals surface area contributed by atoms with Gasteiger partial charge < -0.3 is 10.6 Å². The average molecular weight is 246 g/mol. The van der Waals surface area contributed by atoms with Crippen LogP contribution in [0.15, 0.2) is 18.3 Å². The molecular weight excluding hydrogens is 228 g/mol. The second kappa shape index (κ2) is 4.57. The summed E-state index contributed by atoms with van der Waals surface area (Å²) in [6.07, 6.45) is 4.04. The van der Waals surface area contributed by atoms with Crippen molar-refractivity contribution in [2.24, 2.45) is 0 Å². The molecule has 2 saturated heterocycles. The molecule has 3 rings (SSSR count). The maximum Gasteiger partial charge on any atom is 0.255 e. The van der Waals surface area contributed by atoms with E-state index in [0.29, 0.717) is 17.4 Å². The van der Waals surface area contributed by atoms with E-state index < -0.39 is 0 Å². The van der Waals surface area contributed by atoms with Crippen LogP contribution in [0.4, 0.5) is 5.82 Å². The van der Waals surface area contributed by atoms with Gasteiger partial charge in [0.25, 0.3) is 5.91 Å². The third kappa shape index (κ3) is 2.06. The highest BCUT2D eigenvalue weighted by molar-refractivity contribution is 5.94. The van der Waals surface area contributed by atoms with E-state index in [0.717, 1.165) is 19.6 Å². The molecule has 96 valence electrons. The number of piperazine rings is 1. The van der Waals surface area contributed by atoms with E-state index >= 15 is 0 Å². The fourth-order valence-corrected chi connectivity index (χ4v) is 2.89. The highest BCUT2D eigenvalue weighted by Gasteiger charge is 2.32. The lowest BCUT2D eigenvalue weighted by Gasteiger charge is -2.37. The number of nitrogen functional groups attached to an aromatic ring is 1. The summed E-state index contributed by atoms with van der Waals surface area (Å²) in [6.45, 7) is 3.86. The normalized spacial score (nSPS) is 24.0. The number of aromatic nitrogens is 1. The summed E-state index contributed by atoms with van der Waals surface area (Å²) in [5.74, 6) is 0.529. The Balaban J connectivity index is 1.71. The van der Waals surface area contributed by atoms with Gasteiger partial charge in [-0.3, -0.25) is 9.69 Å². The molecule has 3 heterocycles. The lowest BCUT2D eigenvalue weighted by atomic mass is 10.1. The van der Waals surface area contributed by atoms with Gasteiger partial charge >= 0.3 is 0 Å². The Morgan fingerprint density at radius 3 is 3.00 bits per heavy atom. The van der Waals surface area contributed by atoms with Gasteiger partial charge in [0.15, 0.2) is 0 Å². The number of carbonyl (C=O) groups excluding carboxylic acids is 1. The van der Waals surface area contributed by atoms with Gasteiger partial charge in [-0.2, -0.15) is 0 Å². The number of nitrogens with zero attached hydrogens (tertiary/aromatic N) is 3. The summed E-state index contributed by atoms with van der Waals surface area (Å²) in [4.78, 5) is 20.7. The van der Waals surface area contributed by atoms with Crippen LogP contribution in [-0.4, -0.2) is 52.9 Å². The SMILES string of the molecule is Nc1ccc(C(=O)N2CCN3CCC[C@@H]3C2)cn1. The van der Waals surface area contributed by atoms with Crippen molar-refractivity contribution in [2.45, 2.75) is 18.9 Å². The lowest BCUT2D eigenvalue weighted by Crippen LogP contribution is -2.52. The highest BCUT2D eigenvalue weighted by atomic mass is 16.2. The molecule has 1 atom stereocenters. The largest absolute Gasteiger partial charge is 0.384 e. The van der Waals surface area contributed by atoms with Crippen LogP contribution in [0, 0.1) is 0 Å². The molecule has 0 bridgehead atoms. The van der Waals surface area contributed by atoms with Crippen molar-refractivity contribution in [3.05, 3.63) is 23.9 Å². The van der Waals surface area contributed by atoms with Crippen LogP contribution in [0.2, 0.25) is 0 Å². The Hall–Kier alpha value is -1.62. The number of anilines is 1. The van der Waals surface area contributed by atoms with Gasteiger partial charge in [0.2, 0.25) is 0 Å². The van der Waals surface area contributed by atoms with Gasteiger partial charge in [-0.15, -0.1) is 0 Å². The average Bonchev–Trinajstić information content (AvgIpc) is 2.86. The van der Waals surface area contributed by atoms with Crippen LogP contribution in [0.3, 0.4) is 0 Å². The Labute approximate surface area is 107 Å². The molecule has 0 unspecified atom stereocenters. The van der Waals surface area contributed by atoms with Crippen LogP contribution < -0.4 is 5.73 Å². The number of amides is 1. The number of hydrogen-bond acceptors (Lipinski definition) is 4. The maximum atomic E-state index is 12.3. The Bertz CT molecular complexity index is 445. The summed E-state index contributed by atoms with van der Waals surface area (Å²) in [7, 11) is 0. The number of pyridine rings is 1. The number of rotatable bonds is 1. The second-order valence-electron chi connectivity index (χ2n) is 5.05. The first-order valence-corrected chi connectivity index (χ1v) is 6.49. The molecule has 2 aliphatic heterocycles. The monoisotopic (exact) mass is 246 g/mol. The Morgan fingerprint density at radius 1 is 1.33 bits per heavy atom. The predicted molar refractivity (Wildman–Crippen MR) is 69.1 cm³/mol. The van der Waals surface area contributed by atoms with Crippen LogP contribution in [0.5, 0.6) is 0 Å². The van der Waals surface area contributed by atoms with E-state index in [1.54, 1.807) is 18.3 Å². The molecule has 0 aliphatic carbocycles. The zero-order valence-corrected chi connectivity index (χ0v) is 10.4. The third-order valence-electron chi connectivity index (χ3n) is 3.91. The van der Waals surface area contributed by atoms with Crippen molar-refractivity contribution < 1.29 is 4.79 Å². The van der Waals surface area contributed by atoms with E-state index in [2.05, 4.69) is 9.88 Å². The number of nitrogens with two attached hydrogens (primary N) is 1. The van der Waals surface area contributed by atoms with E-state index in [1.165, 1.54) is 19.4 Å². The fraction of sp³-hybridized carbons (Fsp3) is 0.538. The summed E-state index contributed by atoms with van der Waals surface area (Å²) in [5, 5.41) is 0. The molecule has 18 heavy (non-hydrogen) atoms. The van der Waals surface area contributed by atoms with Crippen molar-refractivity contribution in [2.75, 3.05) is 31.9 Å². The molecular formula is C13H18N4O. The van der Waals surface area contributed by atoms with Crippen molar-refractivity contribution in [1.29, 1.82) is 0 Å². The highest BCUT2D eigenvalue weighted by Crippen LogP contribution is 2.22. The maximum absolute atomic E-state index is 12.3. The zero-order valence-electron chi connectivity index (χ0n) is 10.4. The number of fused-ring (bicyclic) bond motifs is 1. The molecule has 2 aliphatic rings. The second-order valence-corrected chi connectivity index (χ2v) is 5.05. The first kappa shape index (κ1) is 11.5. The summed E-state index contributed by atoms with van der Waals surface area (Å²) < 4.78 is 0. The smallest absolute Gasteiger partial charge is 0.255 e. The summed E-state index contributed by atoms with van der Waals surface area (Å²) in [5.41, 5.74) is 6.17. The third-order valence-corrected chi connectivity index (χ3v) is 3.91. The van der Waals surface area contributed by atoms with Crippen LogP contribution in [-0.2, 0) is 0 Å². The van der Waals surface area contributed by atoms with E-state index in [4.69, 9.17) is 5.73 Å². The van der Waals surface area contributed by atoms with Crippen LogP contribution in [0.25, 0.3) is 0 Å². The predicted octanol–water partition coefficient (Wildman–Crippen LogP) is 0.584.